The van der Waals surface area contributed by atoms with E-state index in [-0.39, 0.29) is 6.10 Å². The van der Waals surface area contributed by atoms with E-state index in [1.807, 2.05) is 0 Å². The van der Waals surface area contributed by atoms with Gasteiger partial charge in [0.1, 0.15) is 0 Å². The minimum absolute atomic E-state index is 0.0990. The van der Waals surface area contributed by atoms with Gasteiger partial charge in [0, 0.05) is 24.2 Å². The normalized spacial score (nSPS) is 32.2. The number of fused-ring (bicyclic) bond motifs is 1. The van der Waals surface area contributed by atoms with Gasteiger partial charge < -0.3 is 10.0 Å². The van der Waals surface area contributed by atoms with E-state index < -0.39 is 0 Å². The Hall–Kier alpha value is -1.02. The number of aliphatic hydroxyl groups is 1. The van der Waals surface area contributed by atoms with Crippen LogP contribution in [0.3, 0.4) is 0 Å². The zero-order valence-electron chi connectivity index (χ0n) is 13.5. The summed E-state index contributed by atoms with van der Waals surface area (Å²) in [6.45, 7) is 5.62. The molecule has 1 aromatic carbocycles. The van der Waals surface area contributed by atoms with Crippen LogP contribution >= 0.6 is 0 Å². The molecule has 0 saturated heterocycles. The average Bonchev–Trinajstić information content (AvgIpc) is 2.79. The Kier molecular flexibility index (Phi) is 4.54. The fourth-order valence-electron chi connectivity index (χ4n) is 4.37. The van der Waals surface area contributed by atoms with Crippen LogP contribution in [0.5, 0.6) is 0 Å². The minimum atomic E-state index is -0.0990. The molecule has 4 unspecified atom stereocenters. The third-order valence-corrected chi connectivity index (χ3v) is 5.53. The largest absolute Gasteiger partial charge is 0.393 e. The lowest BCUT2D eigenvalue weighted by Gasteiger charge is -2.37. The van der Waals surface area contributed by atoms with E-state index in [1.54, 1.807) is 0 Å². The molecule has 0 bridgehead atoms. The molecule has 2 aliphatic rings. The van der Waals surface area contributed by atoms with Crippen molar-refractivity contribution in [2.24, 2.45) is 11.8 Å². The Morgan fingerprint density at radius 2 is 2.05 bits per heavy atom. The topological polar surface area (TPSA) is 23.5 Å². The molecule has 21 heavy (non-hydrogen) atoms. The molecule has 4 atom stereocenters. The van der Waals surface area contributed by atoms with Crippen LogP contribution in [0, 0.1) is 11.8 Å². The highest BCUT2D eigenvalue weighted by Crippen LogP contribution is 2.37. The van der Waals surface area contributed by atoms with Gasteiger partial charge in [0.2, 0.25) is 0 Å². The molecule has 1 saturated carbocycles. The summed E-state index contributed by atoms with van der Waals surface area (Å²) < 4.78 is 0. The standard InChI is InChI=1S/C19H29NO/c1-3-6-15-9-10-19(21)17(12-15)13-20-14(2)11-16-7-4-5-8-18(16)20/h4-5,7-8,14-15,17,19,21H,3,6,9-13H2,1-2H3. The van der Waals surface area contributed by atoms with Gasteiger partial charge in [-0.05, 0) is 50.2 Å². The summed E-state index contributed by atoms with van der Waals surface area (Å²) in [7, 11) is 0. The maximum atomic E-state index is 10.4. The highest BCUT2D eigenvalue weighted by molar-refractivity contribution is 5.59. The van der Waals surface area contributed by atoms with Crippen molar-refractivity contribution in [3.63, 3.8) is 0 Å². The fraction of sp³-hybridized carbons (Fsp3) is 0.684. The Morgan fingerprint density at radius 3 is 2.86 bits per heavy atom. The zero-order chi connectivity index (χ0) is 14.8. The van der Waals surface area contributed by atoms with E-state index in [1.165, 1.54) is 36.9 Å². The first-order valence-corrected chi connectivity index (χ1v) is 8.71. The van der Waals surface area contributed by atoms with Gasteiger partial charge in [-0.15, -0.1) is 0 Å². The molecular formula is C19H29NO. The third-order valence-electron chi connectivity index (χ3n) is 5.53. The van der Waals surface area contributed by atoms with Crippen LogP contribution < -0.4 is 4.90 Å². The van der Waals surface area contributed by atoms with E-state index in [2.05, 4.69) is 43.0 Å². The molecule has 0 radical (unpaired) electrons. The highest BCUT2D eigenvalue weighted by atomic mass is 16.3. The molecule has 3 rings (SSSR count). The van der Waals surface area contributed by atoms with Gasteiger partial charge >= 0.3 is 0 Å². The molecule has 0 spiro atoms. The lowest BCUT2D eigenvalue weighted by molar-refractivity contribution is 0.0489. The van der Waals surface area contributed by atoms with Crippen LogP contribution in [0.1, 0.15) is 51.5 Å². The highest BCUT2D eigenvalue weighted by Gasteiger charge is 2.33. The van der Waals surface area contributed by atoms with E-state index in [0.29, 0.717) is 12.0 Å². The van der Waals surface area contributed by atoms with E-state index >= 15 is 0 Å². The van der Waals surface area contributed by atoms with Gasteiger partial charge in [-0.3, -0.25) is 0 Å². The van der Waals surface area contributed by atoms with Crippen LogP contribution in [0.25, 0.3) is 0 Å². The first kappa shape index (κ1) is 14.9. The summed E-state index contributed by atoms with van der Waals surface area (Å²) in [5, 5.41) is 10.4. The number of hydrogen-bond donors (Lipinski definition) is 1. The fourth-order valence-corrected chi connectivity index (χ4v) is 4.37. The molecule has 1 N–H and O–H groups in total. The zero-order valence-corrected chi connectivity index (χ0v) is 13.5. The maximum Gasteiger partial charge on any atom is 0.0585 e. The van der Waals surface area contributed by atoms with E-state index in [4.69, 9.17) is 0 Å². The Morgan fingerprint density at radius 1 is 1.24 bits per heavy atom. The predicted octanol–water partition coefficient (Wildman–Crippen LogP) is 4.01. The van der Waals surface area contributed by atoms with Gasteiger partial charge in [-0.1, -0.05) is 38.0 Å². The molecule has 0 aromatic heterocycles. The number of para-hydroxylation sites is 1. The maximum absolute atomic E-state index is 10.4. The number of benzene rings is 1. The van der Waals surface area contributed by atoms with E-state index in [0.717, 1.165) is 25.3 Å². The molecule has 0 amide bonds. The second-order valence-corrected chi connectivity index (χ2v) is 7.13. The molecule has 116 valence electrons. The van der Waals surface area contributed by atoms with Gasteiger partial charge in [-0.2, -0.15) is 0 Å². The van der Waals surface area contributed by atoms with Crippen molar-refractivity contribution >= 4 is 5.69 Å². The van der Waals surface area contributed by atoms with Crippen molar-refractivity contribution in [3.8, 4) is 0 Å². The summed E-state index contributed by atoms with van der Waals surface area (Å²) in [6.07, 6.45) is 7.08. The smallest absolute Gasteiger partial charge is 0.0585 e. The number of nitrogens with zero attached hydrogens (tertiary/aromatic N) is 1. The monoisotopic (exact) mass is 287 g/mol. The molecule has 1 heterocycles. The number of aliphatic hydroxyl groups excluding tert-OH is 1. The molecular weight excluding hydrogens is 258 g/mol. The van der Waals surface area contributed by atoms with Crippen molar-refractivity contribution < 1.29 is 5.11 Å². The van der Waals surface area contributed by atoms with Crippen molar-refractivity contribution in [2.45, 2.75) is 64.5 Å². The lowest BCUT2D eigenvalue weighted by Crippen LogP contribution is -2.41. The van der Waals surface area contributed by atoms with Gasteiger partial charge in [0.05, 0.1) is 6.10 Å². The molecule has 1 aliphatic carbocycles. The van der Waals surface area contributed by atoms with Gasteiger partial charge in [-0.25, -0.2) is 0 Å². The number of rotatable bonds is 4. The molecule has 1 aliphatic heterocycles. The van der Waals surface area contributed by atoms with Crippen LogP contribution in [-0.2, 0) is 6.42 Å². The second-order valence-electron chi connectivity index (χ2n) is 7.13. The minimum Gasteiger partial charge on any atom is -0.393 e. The Labute approximate surface area is 129 Å². The van der Waals surface area contributed by atoms with Crippen molar-refractivity contribution in [1.82, 2.24) is 0 Å². The number of anilines is 1. The Bertz CT molecular complexity index is 472. The lowest BCUT2D eigenvalue weighted by atomic mass is 9.77. The van der Waals surface area contributed by atoms with E-state index in [9.17, 15) is 5.11 Å². The van der Waals surface area contributed by atoms with Crippen LogP contribution in [0.4, 0.5) is 5.69 Å². The predicted molar refractivity (Wildman–Crippen MR) is 88.7 cm³/mol. The molecule has 1 aromatic rings. The number of hydrogen-bond acceptors (Lipinski definition) is 2. The molecule has 2 heteroatoms. The molecule has 2 nitrogen and oxygen atoms in total. The SMILES string of the molecule is CCCC1CCC(O)C(CN2c3ccccc3CC2C)C1. The van der Waals surface area contributed by atoms with Gasteiger partial charge in [0.25, 0.3) is 0 Å². The average molecular weight is 287 g/mol. The first-order valence-electron chi connectivity index (χ1n) is 8.71. The van der Waals surface area contributed by atoms with Crippen molar-refractivity contribution in [3.05, 3.63) is 29.8 Å². The third kappa shape index (κ3) is 3.11. The summed E-state index contributed by atoms with van der Waals surface area (Å²) in [5.41, 5.74) is 2.87. The molecule has 1 fully saturated rings. The van der Waals surface area contributed by atoms with Crippen LogP contribution in [0.15, 0.2) is 24.3 Å². The van der Waals surface area contributed by atoms with Crippen LogP contribution in [0.2, 0.25) is 0 Å². The second kappa shape index (κ2) is 6.39. The summed E-state index contributed by atoms with van der Waals surface area (Å²) >= 11 is 0. The van der Waals surface area contributed by atoms with Crippen LogP contribution in [-0.4, -0.2) is 23.8 Å². The summed E-state index contributed by atoms with van der Waals surface area (Å²) in [6, 6.07) is 9.35. The summed E-state index contributed by atoms with van der Waals surface area (Å²) in [4.78, 5) is 2.54. The Balaban J connectivity index is 1.70. The van der Waals surface area contributed by atoms with Crippen molar-refractivity contribution in [1.29, 1.82) is 0 Å². The quantitative estimate of drug-likeness (QED) is 0.904. The van der Waals surface area contributed by atoms with Crippen molar-refractivity contribution in [2.75, 3.05) is 11.4 Å². The van der Waals surface area contributed by atoms with Gasteiger partial charge in [0.15, 0.2) is 0 Å². The first-order chi connectivity index (χ1) is 10.2. The summed E-state index contributed by atoms with van der Waals surface area (Å²) in [5.74, 6) is 1.28.